The fourth-order valence-electron chi connectivity index (χ4n) is 1.80. The number of ether oxygens (including phenoxy) is 1. The maximum Gasteiger partial charge on any atom is 0.325 e. The largest absolute Gasteiger partial charge is 0.468 e. The van der Waals surface area contributed by atoms with Gasteiger partial charge in [0.2, 0.25) is 0 Å². The topological polar surface area (TPSA) is 69.4 Å². The number of hydrogen-bond donors (Lipinski definition) is 1. The van der Waals surface area contributed by atoms with Gasteiger partial charge in [0.1, 0.15) is 11.0 Å². The summed E-state index contributed by atoms with van der Waals surface area (Å²) < 4.78 is 15.0. The summed E-state index contributed by atoms with van der Waals surface area (Å²) in [6.45, 7) is 0. The highest BCUT2D eigenvalue weighted by molar-refractivity contribution is 7.85. The first kappa shape index (κ1) is 10.7. The van der Waals surface area contributed by atoms with Crippen LogP contribution < -0.4 is 5.14 Å². The van der Waals surface area contributed by atoms with Crippen molar-refractivity contribution in [2.75, 3.05) is 7.11 Å². The van der Waals surface area contributed by atoms with Crippen LogP contribution in [-0.4, -0.2) is 22.0 Å². The molecule has 0 bridgehead atoms. The Morgan fingerprint density at radius 3 is 2.31 bits per heavy atom. The molecule has 0 aromatic carbocycles. The Balaban J connectivity index is 2.85. The molecule has 1 atom stereocenters. The lowest BCUT2D eigenvalue weighted by Gasteiger charge is -2.31. The lowest BCUT2D eigenvalue weighted by atomic mass is 9.88. The first-order valence-electron chi connectivity index (χ1n) is 4.38. The van der Waals surface area contributed by atoms with Crippen LogP contribution in [-0.2, 0) is 20.5 Å². The minimum Gasteiger partial charge on any atom is -0.468 e. The van der Waals surface area contributed by atoms with E-state index in [4.69, 9.17) is 5.14 Å². The van der Waals surface area contributed by atoms with Gasteiger partial charge in [-0.05, 0) is 12.8 Å². The van der Waals surface area contributed by atoms with E-state index in [-0.39, 0.29) is 0 Å². The summed E-state index contributed by atoms with van der Waals surface area (Å²) in [4.78, 5) is 11.4. The Kier molecular flexibility index (Phi) is 3.44. The van der Waals surface area contributed by atoms with E-state index in [2.05, 4.69) is 4.74 Å². The highest BCUT2D eigenvalue weighted by Gasteiger charge is 2.45. The molecule has 1 fully saturated rings. The van der Waals surface area contributed by atoms with Gasteiger partial charge in [-0.2, -0.15) is 0 Å². The summed E-state index contributed by atoms with van der Waals surface area (Å²) in [5, 5.41) is 5.35. The van der Waals surface area contributed by atoms with Crippen molar-refractivity contribution in [2.45, 2.75) is 36.9 Å². The molecule has 4 nitrogen and oxygen atoms in total. The molecule has 1 aliphatic rings. The van der Waals surface area contributed by atoms with Crippen molar-refractivity contribution in [2.24, 2.45) is 5.14 Å². The van der Waals surface area contributed by atoms with E-state index in [0.717, 1.165) is 19.3 Å². The van der Waals surface area contributed by atoms with Crippen LogP contribution in [0.15, 0.2) is 0 Å². The fraction of sp³-hybridized carbons (Fsp3) is 0.875. The van der Waals surface area contributed by atoms with Gasteiger partial charge in [0.25, 0.3) is 0 Å². The molecule has 1 rings (SSSR count). The normalized spacial score (nSPS) is 23.5. The van der Waals surface area contributed by atoms with Gasteiger partial charge < -0.3 is 4.74 Å². The number of carbonyl (C=O) groups excluding carboxylic acids is 1. The fourth-order valence-corrected chi connectivity index (χ4v) is 2.73. The molecule has 0 aromatic heterocycles. The van der Waals surface area contributed by atoms with Gasteiger partial charge in [-0.15, -0.1) is 0 Å². The zero-order valence-electron chi connectivity index (χ0n) is 7.75. The molecule has 13 heavy (non-hydrogen) atoms. The second-order valence-corrected chi connectivity index (χ2v) is 4.72. The van der Waals surface area contributed by atoms with Crippen molar-refractivity contribution in [1.29, 1.82) is 0 Å². The predicted octanol–water partition coefficient (Wildman–Crippen LogP) is 0.485. The minimum atomic E-state index is -1.62. The molecule has 1 aliphatic carbocycles. The lowest BCUT2D eigenvalue weighted by Crippen LogP contribution is -2.48. The number of hydrogen-bond acceptors (Lipinski definition) is 3. The van der Waals surface area contributed by atoms with E-state index in [1.54, 1.807) is 0 Å². The molecular formula is C8H15NO3S. The van der Waals surface area contributed by atoms with E-state index in [0.29, 0.717) is 12.8 Å². The van der Waals surface area contributed by atoms with Gasteiger partial charge in [0, 0.05) is 0 Å². The Hall–Kier alpha value is -0.420. The van der Waals surface area contributed by atoms with E-state index < -0.39 is 21.7 Å². The summed E-state index contributed by atoms with van der Waals surface area (Å²) in [5.41, 5.74) is 0. The first-order valence-corrected chi connectivity index (χ1v) is 5.59. The van der Waals surface area contributed by atoms with Crippen LogP contribution in [0.25, 0.3) is 0 Å². The highest BCUT2D eigenvalue weighted by atomic mass is 32.2. The predicted molar refractivity (Wildman–Crippen MR) is 50.2 cm³/mol. The summed E-state index contributed by atoms with van der Waals surface area (Å²) in [6.07, 6.45) is 4.05. The molecule has 0 saturated heterocycles. The molecule has 5 heteroatoms. The van der Waals surface area contributed by atoms with Gasteiger partial charge in [0.15, 0.2) is 4.75 Å². The number of esters is 1. The molecule has 0 spiro atoms. The highest BCUT2D eigenvalue weighted by Crippen LogP contribution is 2.33. The summed E-state index contributed by atoms with van der Waals surface area (Å²) in [5.74, 6) is -0.423. The van der Waals surface area contributed by atoms with Crippen molar-refractivity contribution >= 4 is 17.0 Å². The SMILES string of the molecule is COC(=O)C1(S(N)=O)CCCCC1. The number of methoxy groups -OCH3 is 1. The quantitative estimate of drug-likeness (QED) is 0.667. The summed E-state index contributed by atoms with van der Waals surface area (Å²) >= 11 is 0. The van der Waals surface area contributed by atoms with Gasteiger partial charge in [-0.3, -0.25) is 9.93 Å². The third-order valence-electron chi connectivity index (χ3n) is 2.60. The van der Waals surface area contributed by atoms with Crippen molar-refractivity contribution in [1.82, 2.24) is 0 Å². The Labute approximate surface area is 80.4 Å². The smallest absolute Gasteiger partial charge is 0.325 e. The lowest BCUT2D eigenvalue weighted by molar-refractivity contribution is -0.144. The molecule has 0 aromatic rings. The van der Waals surface area contributed by atoms with Crippen LogP contribution in [0.3, 0.4) is 0 Å². The van der Waals surface area contributed by atoms with Crippen LogP contribution in [0.1, 0.15) is 32.1 Å². The van der Waals surface area contributed by atoms with E-state index >= 15 is 0 Å². The Bertz CT molecular complexity index is 223. The molecule has 0 amide bonds. The molecule has 0 aliphatic heterocycles. The molecule has 1 unspecified atom stereocenters. The van der Waals surface area contributed by atoms with Gasteiger partial charge in [-0.25, -0.2) is 4.21 Å². The van der Waals surface area contributed by atoms with Crippen molar-refractivity contribution in [3.8, 4) is 0 Å². The third kappa shape index (κ3) is 1.91. The average molecular weight is 205 g/mol. The Morgan fingerprint density at radius 1 is 1.38 bits per heavy atom. The number of carbonyl (C=O) groups is 1. The molecule has 0 radical (unpaired) electrons. The van der Waals surface area contributed by atoms with Gasteiger partial charge in [0.05, 0.1) is 7.11 Å². The maximum atomic E-state index is 11.4. The van der Waals surface area contributed by atoms with Crippen LogP contribution in [0.5, 0.6) is 0 Å². The van der Waals surface area contributed by atoms with E-state index in [9.17, 15) is 9.00 Å². The molecule has 76 valence electrons. The number of nitrogens with two attached hydrogens (primary N) is 1. The van der Waals surface area contributed by atoms with Crippen LogP contribution in [0.2, 0.25) is 0 Å². The molecule has 2 N–H and O–H groups in total. The summed E-state index contributed by atoms with van der Waals surface area (Å²) in [6, 6.07) is 0. The second-order valence-electron chi connectivity index (χ2n) is 3.34. The standard InChI is InChI=1S/C8H15NO3S/c1-12-7(10)8(13(9)11)5-3-2-4-6-8/h2-6,9H2,1H3. The first-order chi connectivity index (χ1) is 6.13. The average Bonchev–Trinajstić information content (AvgIpc) is 2.17. The van der Waals surface area contributed by atoms with Gasteiger partial charge >= 0.3 is 5.97 Å². The summed E-state index contributed by atoms with van der Waals surface area (Å²) in [7, 11) is -0.304. The third-order valence-corrected chi connectivity index (χ3v) is 3.95. The zero-order valence-corrected chi connectivity index (χ0v) is 8.56. The minimum absolute atomic E-state index is 0.423. The van der Waals surface area contributed by atoms with Crippen LogP contribution in [0.4, 0.5) is 0 Å². The van der Waals surface area contributed by atoms with Crippen molar-refractivity contribution in [3.63, 3.8) is 0 Å². The van der Waals surface area contributed by atoms with E-state index in [1.165, 1.54) is 7.11 Å². The second kappa shape index (κ2) is 4.19. The van der Waals surface area contributed by atoms with Crippen molar-refractivity contribution in [3.05, 3.63) is 0 Å². The van der Waals surface area contributed by atoms with Crippen molar-refractivity contribution < 1.29 is 13.7 Å². The monoisotopic (exact) mass is 205 g/mol. The number of rotatable bonds is 2. The van der Waals surface area contributed by atoms with Crippen LogP contribution in [0, 0.1) is 0 Å². The maximum absolute atomic E-state index is 11.4. The van der Waals surface area contributed by atoms with Gasteiger partial charge in [-0.1, -0.05) is 19.3 Å². The Morgan fingerprint density at radius 2 is 1.92 bits per heavy atom. The van der Waals surface area contributed by atoms with E-state index in [1.807, 2.05) is 0 Å². The zero-order chi connectivity index (χ0) is 9.90. The molecule has 0 heterocycles. The van der Waals surface area contributed by atoms with Crippen LogP contribution >= 0.6 is 0 Å². The molecular weight excluding hydrogens is 190 g/mol. The molecule has 1 saturated carbocycles.